The summed E-state index contributed by atoms with van der Waals surface area (Å²) in [6.07, 6.45) is 1.10. The first kappa shape index (κ1) is 13.5. The number of ether oxygens (including phenoxy) is 2. The van der Waals surface area contributed by atoms with Gasteiger partial charge in [-0.3, -0.25) is 9.78 Å². The van der Waals surface area contributed by atoms with Gasteiger partial charge in [0.25, 0.3) is 5.56 Å². The van der Waals surface area contributed by atoms with Gasteiger partial charge in [0.1, 0.15) is 6.20 Å². The smallest absolute Gasteiger partial charge is 0.345 e. The lowest BCUT2D eigenvalue weighted by atomic mass is 10.0. The van der Waals surface area contributed by atoms with E-state index in [-0.39, 0.29) is 30.8 Å². The van der Waals surface area contributed by atoms with E-state index in [1.807, 2.05) is 13.8 Å². The van der Waals surface area contributed by atoms with E-state index in [1.54, 1.807) is 0 Å². The van der Waals surface area contributed by atoms with Crippen LogP contribution >= 0.6 is 0 Å². The molecule has 4 atom stereocenters. The van der Waals surface area contributed by atoms with Crippen molar-refractivity contribution in [1.29, 1.82) is 0 Å². The van der Waals surface area contributed by atoms with Gasteiger partial charge < -0.3 is 14.6 Å². The Bertz CT molecular complexity index is 622. The Labute approximate surface area is 114 Å². The van der Waals surface area contributed by atoms with Crippen molar-refractivity contribution in [3.8, 4) is 0 Å². The molecule has 20 heavy (non-hydrogen) atoms. The Hall–Kier alpha value is -1.51. The van der Waals surface area contributed by atoms with Crippen LogP contribution in [0.1, 0.15) is 26.3 Å². The monoisotopic (exact) mass is 283 g/mol. The third kappa shape index (κ3) is 2.09. The summed E-state index contributed by atoms with van der Waals surface area (Å²) in [5.41, 5.74) is -1.13. The largest absolute Gasteiger partial charge is 0.396 e. The maximum Gasteiger partial charge on any atom is 0.345 e. The van der Waals surface area contributed by atoms with Crippen molar-refractivity contribution in [2.45, 2.75) is 44.3 Å². The molecule has 1 aliphatic carbocycles. The number of hydrogen-bond donors (Lipinski definition) is 2. The summed E-state index contributed by atoms with van der Waals surface area (Å²) < 4.78 is 12.8. The summed E-state index contributed by atoms with van der Waals surface area (Å²) >= 11 is 0. The van der Waals surface area contributed by atoms with Gasteiger partial charge in [-0.1, -0.05) is 0 Å². The normalized spacial score (nSPS) is 35.1. The number of nitrogens with zero attached hydrogens (tertiary/aromatic N) is 2. The van der Waals surface area contributed by atoms with Crippen molar-refractivity contribution < 1.29 is 14.6 Å². The van der Waals surface area contributed by atoms with E-state index in [9.17, 15) is 14.7 Å². The van der Waals surface area contributed by atoms with E-state index in [4.69, 9.17) is 9.47 Å². The minimum atomic E-state index is -0.683. The zero-order chi connectivity index (χ0) is 14.5. The number of hydrogen-bond acceptors (Lipinski definition) is 6. The van der Waals surface area contributed by atoms with Crippen molar-refractivity contribution in [3.05, 3.63) is 27.0 Å². The molecule has 2 heterocycles. The van der Waals surface area contributed by atoms with Crippen LogP contribution < -0.4 is 11.2 Å². The topological polar surface area (TPSA) is 106 Å². The van der Waals surface area contributed by atoms with Crippen molar-refractivity contribution in [2.24, 2.45) is 5.92 Å². The van der Waals surface area contributed by atoms with Crippen LogP contribution in [0.4, 0.5) is 0 Å². The third-order valence-electron chi connectivity index (χ3n) is 3.87. The van der Waals surface area contributed by atoms with Crippen LogP contribution in [-0.2, 0) is 9.47 Å². The molecule has 1 saturated carbocycles. The van der Waals surface area contributed by atoms with E-state index in [0.717, 1.165) is 6.20 Å². The molecular weight excluding hydrogens is 266 g/mol. The Morgan fingerprint density at radius 3 is 2.90 bits per heavy atom. The van der Waals surface area contributed by atoms with Gasteiger partial charge in [0.05, 0.1) is 24.9 Å². The lowest BCUT2D eigenvalue weighted by Crippen LogP contribution is -2.38. The number of nitrogens with one attached hydrogen (secondary N) is 1. The van der Waals surface area contributed by atoms with E-state index in [1.165, 1.54) is 4.68 Å². The zero-order valence-corrected chi connectivity index (χ0v) is 11.3. The van der Waals surface area contributed by atoms with Crippen LogP contribution in [0.15, 0.2) is 15.8 Å². The molecular formula is C12H17N3O5. The van der Waals surface area contributed by atoms with E-state index in [0.29, 0.717) is 6.42 Å². The first-order chi connectivity index (χ1) is 9.41. The molecule has 1 aliphatic heterocycles. The number of aliphatic hydroxyl groups is 1. The number of rotatable bonds is 2. The number of aliphatic hydroxyl groups excluding tert-OH is 1. The molecule has 3 rings (SSSR count). The van der Waals surface area contributed by atoms with Crippen molar-refractivity contribution in [3.63, 3.8) is 0 Å². The molecule has 8 heteroatoms. The molecule has 0 bridgehead atoms. The second-order valence-electron chi connectivity index (χ2n) is 5.67. The summed E-state index contributed by atoms with van der Waals surface area (Å²) in [5, 5.41) is 13.5. The van der Waals surface area contributed by atoms with Crippen molar-refractivity contribution in [2.75, 3.05) is 6.61 Å². The second kappa shape index (κ2) is 4.51. The molecule has 2 fully saturated rings. The first-order valence-electron chi connectivity index (χ1n) is 6.56. The quantitative estimate of drug-likeness (QED) is 0.721. The molecule has 0 unspecified atom stereocenters. The highest BCUT2D eigenvalue weighted by molar-refractivity contribution is 4.99. The second-order valence-corrected chi connectivity index (χ2v) is 5.67. The van der Waals surface area contributed by atoms with E-state index >= 15 is 0 Å². The van der Waals surface area contributed by atoms with Crippen LogP contribution in [-0.4, -0.2) is 44.5 Å². The predicted molar refractivity (Wildman–Crippen MR) is 67.2 cm³/mol. The van der Waals surface area contributed by atoms with Crippen molar-refractivity contribution >= 4 is 0 Å². The fraction of sp³-hybridized carbons (Fsp3) is 0.750. The lowest BCUT2D eigenvalue weighted by Gasteiger charge is -2.25. The maximum atomic E-state index is 11.8. The van der Waals surface area contributed by atoms with Gasteiger partial charge in [-0.05, 0) is 20.3 Å². The fourth-order valence-corrected chi connectivity index (χ4v) is 3.15. The molecule has 1 aromatic rings. The van der Waals surface area contributed by atoms with Gasteiger partial charge in [0.15, 0.2) is 5.79 Å². The highest BCUT2D eigenvalue weighted by Gasteiger charge is 2.54. The molecule has 2 aliphatic rings. The Balaban J connectivity index is 1.93. The Morgan fingerprint density at radius 1 is 1.50 bits per heavy atom. The van der Waals surface area contributed by atoms with Crippen molar-refractivity contribution in [1.82, 2.24) is 14.8 Å². The first-order valence-corrected chi connectivity index (χ1v) is 6.56. The van der Waals surface area contributed by atoms with Gasteiger partial charge >= 0.3 is 5.69 Å². The number of fused-ring (bicyclic) bond motifs is 1. The summed E-state index contributed by atoms with van der Waals surface area (Å²) in [7, 11) is 0. The molecule has 0 aromatic carbocycles. The maximum absolute atomic E-state index is 11.8. The minimum absolute atomic E-state index is 0.140. The molecule has 1 aromatic heterocycles. The van der Waals surface area contributed by atoms with Crippen LogP contribution in [0.3, 0.4) is 0 Å². The lowest BCUT2D eigenvalue weighted by molar-refractivity contribution is -0.161. The Morgan fingerprint density at radius 2 is 2.25 bits per heavy atom. The van der Waals surface area contributed by atoms with E-state index in [2.05, 4.69) is 10.1 Å². The van der Waals surface area contributed by atoms with Crippen LogP contribution in [0, 0.1) is 5.92 Å². The van der Waals surface area contributed by atoms with Crippen LogP contribution in [0.5, 0.6) is 0 Å². The summed E-state index contributed by atoms with van der Waals surface area (Å²) in [6.45, 7) is 3.50. The average molecular weight is 283 g/mol. The number of aromatic amines is 1. The van der Waals surface area contributed by atoms with Gasteiger partial charge in [0, 0.05) is 5.92 Å². The molecule has 110 valence electrons. The number of H-pyrrole nitrogens is 1. The highest BCUT2D eigenvalue weighted by atomic mass is 16.8. The molecule has 0 spiro atoms. The SMILES string of the molecule is CC1(C)O[C@H]2[C@@H](CO)[C@@H](n3ncc(=O)[nH]c3=O)C[C@H]2O1. The molecule has 0 amide bonds. The predicted octanol–water partition coefficient (Wildman–Crippen LogP) is -0.995. The molecule has 2 N–H and O–H groups in total. The van der Waals surface area contributed by atoms with Gasteiger partial charge in [-0.25, -0.2) is 9.48 Å². The van der Waals surface area contributed by atoms with Gasteiger partial charge in [-0.15, -0.1) is 0 Å². The van der Waals surface area contributed by atoms with Crippen LogP contribution in [0.2, 0.25) is 0 Å². The van der Waals surface area contributed by atoms with E-state index < -0.39 is 17.0 Å². The van der Waals surface area contributed by atoms with Gasteiger partial charge in [0.2, 0.25) is 0 Å². The standard InChI is InChI=1S/C12H17N3O5/c1-12(2)19-8-3-7(6(5-16)10(8)20-12)15-11(18)14-9(17)4-13-15/h4,6-8,10,16H,3,5H2,1-2H3,(H,14,17,18)/t6-,7-,8+,10-/m0/s1. The zero-order valence-electron chi connectivity index (χ0n) is 11.3. The minimum Gasteiger partial charge on any atom is -0.396 e. The summed E-state index contributed by atoms with van der Waals surface area (Å²) in [4.78, 5) is 25.0. The average Bonchev–Trinajstić information content (AvgIpc) is 2.80. The summed E-state index contributed by atoms with van der Waals surface area (Å²) in [5.74, 6) is -0.977. The third-order valence-corrected chi connectivity index (χ3v) is 3.87. The summed E-state index contributed by atoms with van der Waals surface area (Å²) in [6, 6.07) is -0.351. The fourth-order valence-electron chi connectivity index (χ4n) is 3.15. The highest BCUT2D eigenvalue weighted by Crippen LogP contribution is 2.45. The molecule has 8 nitrogen and oxygen atoms in total. The molecule has 0 radical (unpaired) electrons. The molecule has 1 saturated heterocycles. The number of aromatic nitrogens is 3. The van der Waals surface area contributed by atoms with Gasteiger partial charge in [-0.2, -0.15) is 5.10 Å². The Kier molecular flexibility index (Phi) is 3.03. The van der Waals surface area contributed by atoms with Crippen LogP contribution in [0.25, 0.3) is 0 Å².